The number of benzene rings is 1. The van der Waals surface area contributed by atoms with Crippen LogP contribution in [0.15, 0.2) is 24.3 Å². The summed E-state index contributed by atoms with van der Waals surface area (Å²) < 4.78 is 34.5. The predicted molar refractivity (Wildman–Crippen MR) is 160 cm³/mol. The van der Waals surface area contributed by atoms with Gasteiger partial charge in [0.15, 0.2) is 11.6 Å². The lowest BCUT2D eigenvalue weighted by molar-refractivity contribution is 0.151. The van der Waals surface area contributed by atoms with Crippen LogP contribution in [0.3, 0.4) is 0 Å². The molecule has 0 aliphatic heterocycles. The molecule has 0 radical (unpaired) electrons. The second-order valence-electron chi connectivity index (χ2n) is 13.3. The maximum Gasteiger partial charge on any atom is 0.200 e. The minimum Gasteiger partial charge on any atom is -0.490 e. The van der Waals surface area contributed by atoms with Gasteiger partial charge in [0.1, 0.15) is 0 Å². The molecule has 0 bridgehead atoms. The Balaban J connectivity index is 1.10. The van der Waals surface area contributed by atoms with Crippen LogP contribution < -0.4 is 4.74 Å². The van der Waals surface area contributed by atoms with E-state index in [2.05, 4.69) is 19.1 Å². The molecule has 0 N–H and O–H groups in total. The number of allylic oxidation sites excluding steroid dienone is 2. The molecule has 3 fully saturated rings. The molecule has 0 amide bonds. The van der Waals surface area contributed by atoms with Crippen molar-refractivity contribution in [1.82, 2.24) is 0 Å². The fourth-order valence-electron chi connectivity index (χ4n) is 8.01. The van der Waals surface area contributed by atoms with Gasteiger partial charge in [0.05, 0.1) is 6.61 Å². The van der Waals surface area contributed by atoms with E-state index in [0.29, 0.717) is 12.2 Å². The molecule has 0 spiro atoms. The average molecular weight is 543 g/mol. The third-order valence-corrected chi connectivity index (χ3v) is 10.6. The Morgan fingerprint density at radius 1 is 0.718 bits per heavy atom. The van der Waals surface area contributed by atoms with Crippen LogP contribution in [0.2, 0.25) is 0 Å². The van der Waals surface area contributed by atoms with Crippen LogP contribution >= 0.6 is 0 Å². The summed E-state index contributed by atoms with van der Waals surface area (Å²) in [6.07, 6.45) is 29.8. The zero-order valence-corrected chi connectivity index (χ0v) is 25.1. The molecule has 0 saturated heterocycles. The third-order valence-electron chi connectivity index (χ3n) is 10.6. The second-order valence-corrected chi connectivity index (χ2v) is 13.3. The first kappa shape index (κ1) is 30.6. The topological polar surface area (TPSA) is 9.23 Å². The van der Waals surface area contributed by atoms with E-state index in [4.69, 9.17) is 4.74 Å². The van der Waals surface area contributed by atoms with E-state index in [1.807, 2.05) is 6.92 Å². The highest BCUT2D eigenvalue weighted by atomic mass is 19.2. The Morgan fingerprint density at radius 3 is 2.03 bits per heavy atom. The molecule has 1 aromatic rings. The van der Waals surface area contributed by atoms with Crippen molar-refractivity contribution >= 4 is 0 Å². The first-order valence-corrected chi connectivity index (χ1v) is 16.9. The fraction of sp³-hybridized carbons (Fsp3) is 0.778. The van der Waals surface area contributed by atoms with Gasteiger partial charge in [-0.15, -0.1) is 0 Å². The van der Waals surface area contributed by atoms with Gasteiger partial charge in [0.2, 0.25) is 5.82 Å². The summed E-state index contributed by atoms with van der Waals surface area (Å²) in [6.45, 7) is 4.69. The van der Waals surface area contributed by atoms with Crippen molar-refractivity contribution in [2.24, 2.45) is 29.6 Å². The van der Waals surface area contributed by atoms with Crippen molar-refractivity contribution in [3.05, 3.63) is 41.5 Å². The standard InChI is InChI=1S/C36H56F2O/c1-3-5-6-9-27-12-18-30(19-13-27)31-20-14-28(15-21-31)10-7-8-11-29-16-22-32(23-17-29)33-24-25-34(39-26-4-2)36(38)35(33)37/h7,10,24-25,27-32H,3-6,8-9,11-23,26H2,1-2H3/b10-7+. The van der Waals surface area contributed by atoms with E-state index in [0.717, 1.165) is 61.7 Å². The second kappa shape index (κ2) is 16.2. The van der Waals surface area contributed by atoms with E-state index in [1.165, 1.54) is 89.9 Å². The van der Waals surface area contributed by atoms with Crippen molar-refractivity contribution in [2.45, 2.75) is 142 Å². The molecule has 0 aromatic heterocycles. The quantitative estimate of drug-likeness (QED) is 0.178. The van der Waals surface area contributed by atoms with Crippen LogP contribution in [-0.2, 0) is 0 Å². The minimum absolute atomic E-state index is 0.0485. The number of hydrogen-bond acceptors (Lipinski definition) is 1. The summed E-state index contributed by atoms with van der Waals surface area (Å²) >= 11 is 0. The highest BCUT2D eigenvalue weighted by Gasteiger charge is 2.30. The molecule has 3 heteroatoms. The van der Waals surface area contributed by atoms with Crippen molar-refractivity contribution in [3.8, 4) is 5.75 Å². The summed E-state index contributed by atoms with van der Waals surface area (Å²) in [5.74, 6) is 3.24. The van der Waals surface area contributed by atoms with Gasteiger partial charge in [0, 0.05) is 0 Å². The van der Waals surface area contributed by atoms with Gasteiger partial charge in [-0.1, -0.05) is 70.6 Å². The lowest BCUT2D eigenvalue weighted by Gasteiger charge is -2.37. The lowest BCUT2D eigenvalue weighted by atomic mass is 9.68. The highest BCUT2D eigenvalue weighted by molar-refractivity contribution is 5.33. The third kappa shape index (κ3) is 9.06. The average Bonchev–Trinajstić information content (AvgIpc) is 2.97. The normalized spacial score (nSPS) is 30.1. The molecule has 3 aliphatic carbocycles. The maximum atomic E-state index is 14.7. The lowest BCUT2D eigenvalue weighted by Crippen LogP contribution is -2.25. The van der Waals surface area contributed by atoms with Crippen LogP contribution in [0.1, 0.15) is 147 Å². The van der Waals surface area contributed by atoms with Gasteiger partial charge >= 0.3 is 0 Å². The predicted octanol–water partition coefficient (Wildman–Crippen LogP) is 11.6. The summed E-state index contributed by atoms with van der Waals surface area (Å²) in [7, 11) is 0. The molecule has 4 rings (SSSR count). The monoisotopic (exact) mass is 542 g/mol. The molecule has 3 aliphatic rings. The molecule has 0 atom stereocenters. The number of halogens is 2. The van der Waals surface area contributed by atoms with Gasteiger partial charge in [-0.05, 0) is 131 Å². The zero-order valence-electron chi connectivity index (χ0n) is 25.1. The summed E-state index contributed by atoms with van der Waals surface area (Å²) in [4.78, 5) is 0. The van der Waals surface area contributed by atoms with E-state index in [-0.39, 0.29) is 11.7 Å². The van der Waals surface area contributed by atoms with Crippen LogP contribution in [0.25, 0.3) is 0 Å². The Bertz CT molecular complexity index is 855. The van der Waals surface area contributed by atoms with Gasteiger partial charge in [-0.25, -0.2) is 4.39 Å². The fourth-order valence-corrected chi connectivity index (χ4v) is 8.01. The van der Waals surface area contributed by atoms with E-state index < -0.39 is 11.6 Å². The van der Waals surface area contributed by atoms with Crippen LogP contribution in [-0.4, -0.2) is 6.61 Å². The first-order valence-electron chi connectivity index (χ1n) is 16.9. The Kier molecular flexibility index (Phi) is 12.7. The van der Waals surface area contributed by atoms with E-state index in [9.17, 15) is 8.78 Å². The van der Waals surface area contributed by atoms with Gasteiger partial charge < -0.3 is 4.74 Å². The molecule has 3 saturated carbocycles. The largest absolute Gasteiger partial charge is 0.490 e. The SMILES string of the molecule is CCCCCC1CCC(C2CCC(/C=C/CCC3CCC(c4ccc(OCCC)c(F)c4F)CC3)CC2)CC1. The van der Waals surface area contributed by atoms with Crippen molar-refractivity contribution in [3.63, 3.8) is 0 Å². The number of hydrogen-bond donors (Lipinski definition) is 0. The number of ether oxygens (including phenoxy) is 1. The van der Waals surface area contributed by atoms with Crippen LogP contribution in [0, 0.1) is 41.2 Å². The Hall–Kier alpha value is -1.38. The van der Waals surface area contributed by atoms with Crippen molar-refractivity contribution in [2.75, 3.05) is 6.61 Å². The van der Waals surface area contributed by atoms with Crippen LogP contribution in [0.5, 0.6) is 5.75 Å². The van der Waals surface area contributed by atoms with E-state index in [1.54, 1.807) is 12.1 Å². The molecular formula is C36H56F2O. The molecule has 39 heavy (non-hydrogen) atoms. The minimum atomic E-state index is -0.813. The molecule has 1 nitrogen and oxygen atoms in total. The van der Waals surface area contributed by atoms with Crippen LogP contribution in [0.4, 0.5) is 8.78 Å². The van der Waals surface area contributed by atoms with Gasteiger partial charge in [-0.2, -0.15) is 4.39 Å². The number of unbranched alkanes of at least 4 members (excludes halogenated alkanes) is 2. The van der Waals surface area contributed by atoms with Crippen molar-refractivity contribution in [1.29, 1.82) is 0 Å². The summed E-state index contributed by atoms with van der Waals surface area (Å²) in [5, 5.41) is 0. The molecule has 0 heterocycles. The number of rotatable bonds is 13. The molecule has 220 valence electrons. The molecule has 1 aromatic carbocycles. The maximum absolute atomic E-state index is 14.7. The highest BCUT2D eigenvalue weighted by Crippen LogP contribution is 2.43. The van der Waals surface area contributed by atoms with Gasteiger partial charge in [0.25, 0.3) is 0 Å². The Labute approximate surface area is 238 Å². The summed E-state index contributed by atoms with van der Waals surface area (Å²) in [6, 6.07) is 3.37. The Morgan fingerprint density at radius 2 is 1.36 bits per heavy atom. The van der Waals surface area contributed by atoms with Crippen molar-refractivity contribution < 1.29 is 13.5 Å². The first-order chi connectivity index (χ1) is 19.1. The summed E-state index contributed by atoms with van der Waals surface area (Å²) in [5.41, 5.74) is 0.547. The van der Waals surface area contributed by atoms with Gasteiger partial charge in [-0.3, -0.25) is 0 Å². The zero-order chi connectivity index (χ0) is 27.5. The molecule has 0 unspecified atom stereocenters. The van der Waals surface area contributed by atoms with E-state index >= 15 is 0 Å². The smallest absolute Gasteiger partial charge is 0.200 e. The molecular weight excluding hydrogens is 486 g/mol.